The van der Waals surface area contributed by atoms with Gasteiger partial charge in [-0.05, 0) is 44.4 Å². The quantitative estimate of drug-likeness (QED) is 0.0421. The van der Waals surface area contributed by atoms with E-state index < -0.39 is 12.1 Å². The predicted octanol–water partition coefficient (Wildman–Crippen LogP) is 1.25. The van der Waals surface area contributed by atoms with Crippen molar-refractivity contribution in [1.29, 1.82) is 5.26 Å². The Morgan fingerprint density at radius 3 is 2.32 bits per heavy atom. The van der Waals surface area contributed by atoms with Crippen LogP contribution in [-0.4, -0.2) is 49.2 Å². The second-order valence-corrected chi connectivity index (χ2v) is 9.62. The van der Waals surface area contributed by atoms with Gasteiger partial charge < -0.3 is 22.1 Å². The Balaban J connectivity index is 2.71. The van der Waals surface area contributed by atoms with E-state index in [0.29, 0.717) is 31.7 Å². The van der Waals surface area contributed by atoms with Crippen LogP contribution in [-0.2, 0) is 9.59 Å². The lowest BCUT2D eigenvalue weighted by Gasteiger charge is -2.26. The molecular formula is C25H46N10O3. The number of nitriles is 1. The number of nitrogens with zero attached hydrogens (tertiary/aromatic N) is 3. The summed E-state index contributed by atoms with van der Waals surface area (Å²) >= 11 is 0. The highest BCUT2D eigenvalue weighted by Crippen LogP contribution is 2.34. The lowest BCUT2D eigenvalue weighted by Crippen LogP contribution is -2.49. The van der Waals surface area contributed by atoms with Gasteiger partial charge in [0, 0.05) is 25.1 Å². The van der Waals surface area contributed by atoms with E-state index in [-0.39, 0.29) is 30.2 Å². The zero-order chi connectivity index (χ0) is 28.0. The van der Waals surface area contributed by atoms with Gasteiger partial charge in [0.15, 0.2) is 0 Å². The van der Waals surface area contributed by atoms with E-state index >= 15 is 0 Å². The third kappa shape index (κ3) is 15.0. The minimum Gasteiger partial charge on any atom is -0.369 e. The minimum absolute atomic E-state index is 0.0636. The lowest BCUT2D eigenvalue weighted by atomic mass is 9.85. The summed E-state index contributed by atoms with van der Waals surface area (Å²) in [5.41, 5.74) is 14.8. The van der Waals surface area contributed by atoms with Crippen LogP contribution in [0.5, 0.6) is 0 Å². The molecule has 0 saturated heterocycles. The van der Waals surface area contributed by atoms with Crippen LogP contribution in [0, 0.1) is 23.2 Å². The molecule has 1 unspecified atom stereocenters. The number of hydrazine groups is 1. The van der Waals surface area contributed by atoms with E-state index in [1.54, 1.807) is 0 Å². The van der Waals surface area contributed by atoms with Gasteiger partial charge in [-0.1, -0.05) is 44.9 Å². The molecule has 1 aliphatic carbocycles. The second kappa shape index (κ2) is 20.6. The number of amides is 4. The van der Waals surface area contributed by atoms with Crippen LogP contribution in [0.25, 0.3) is 0 Å². The van der Waals surface area contributed by atoms with Gasteiger partial charge in [-0.3, -0.25) is 20.0 Å². The van der Waals surface area contributed by atoms with Crippen molar-refractivity contribution in [2.75, 3.05) is 13.1 Å². The number of nitrogens with one attached hydrogen (secondary N) is 4. The fourth-order valence-corrected chi connectivity index (χ4v) is 4.73. The first-order valence-electron chi connectivity index (χ1n) is 13.7. The molecule has 13 nitrogen and oxygen atoms in total. The fourth-order valence-electron chi connectivity index (χ4n) is 4.73. The summed E-state index contributed by atoms with van der Waals surface area (Å²) in [5.74, 6) is 5.10. The molecule has 0 spiro atoms. The monoisotopic (exact) mass is 534 g/mol. The third-order valence-corrected chi connectivity index (χ3v) is 6.71. The Morgan fingerprint density at radius 1 is 0.974 bits per heavy atom. The van der Waals surface area contributed by atoms with E-state index in [1.165, 1.54) is 6.21 Å². The molecule has 214 valence electrons. The molecule has 0 radical (unpaired) electrons. The number of carbonyl (C=O) groups is 3. The number of aliphatic imine (C=N–C) groups is 1. The average Bonchev–Trinajstić information content (AvgIpc) is 3.43. The molecule has 4 amide bonds. The molecule has 0 heterocycles. The topological polar surface area (TPSA) is 226 Å². The van der Waals surface area contributed by atoms with Crippen molar-refractivity contribution in [3.63, 3.8) is 0 Å². The zero-order valence-electron chi connectivity index (χ0n) is 22.4. The highest BCUT2D eigenvalue weighted by atomic mass is 16.2. The number of carbonyl (C=O) groups excluding carboxylic acids is 3. The minimum atomic E-state index is -0.804. The highest BCUT2D eigenvalue weighted by molar-refractivity contribution is 5.89. The zero-order valence-corrected chi connectivity index (χ0v) is 22.4. The molecule has 0 aromatic heterocycles. The van der Waals surface area contributed by atoms with Crippen molar-refractivity contribution in [3.8, 4) is 6.07 Å². The Morgan fingerprint density at radius 2 is 1.66 bits per heavy atom. The molecule has 13 heteroatoms. The number of primary amides is 1. The van der Waals surface area contributed by atoms with Gasteiger partial charge in [-0.15, -0.1) is 0 Å². The van der Waals surface area contributed by atoms with Crippen molar-refractivity contribution >= 4 is 30.0 Å². The normalized spacial score (nSPS) is 15.5. The number of hydrazone groups is 1. The second-order valence-electron chi connectivity index (χ2n) is 9.62. The summed E-state index contributed by atoms with van der Waals surface area (Å²) in [6, 6.07) is 0.629. The molecule has 0 aliphatic heterocycles. The molecule has 10 N–H and O–H groups in total. The van der Waals surface area contributed by atoms with Crippen LogP contribution >= 0.6 is 0 Å². The average molecular weight is 535 g/mol. The number of unbranched alkanes of at least 4 members (excludes halogenated alkanes) is 6. The number of guanidine groups is 1. The summed E-state index contributed by atoms with van der Waals surface area (Å²) in [6.07, 6.45) is 14.2. The fraction of sp³-hybridized carbons (Fsp3) is 0.760. The first kappa shape index (κ1) is 32.6. The smallest absolute Gasteiger partial charge is 0.332 e. The predicted molar refractivity (Wildman–Crippen MR) is 147 cm³/mol. The molecule has 1 saturated carbocycles. The van der Waals surface area contributed by atoms with Gasteiger partial charge in [-0.25, -0.2) is 16.1 Å². The molecule has 38 heavy (non-hydrogen) atoms. The Bertz CT molecular complexity index is 806. The number of nitrogens with two attached hydrogens (primary N) is 3. The molecule has 0 bridgehead atoms. The van der Waals surface area contributed by atoms with Crippen molar-refractivity contribution < 1.29 is 14.4 Å². The van der Waals surface area contributed by atoms with E-state index in [4.69, 9.17) is 22.6 Å². The van der Waals surface area contributed by atoms with Crippen LogP contribution in [0.2, 0.25) is 0 Å². The van der Waals surface area contributed by atoms with Gasteiger partial charge in [0.25, 0.3) is 0 Å². The van der Waals surface area contributed by atoms with Crippen molar-refractivity contribution in [2.45, 2.75) is 95.9 Å². The molecule has 1 rings (SSSR count). The maximum atomic E-state index is 13.4. The Labute approximate surface area is 225 Å². The van der Waals surface area contributed by atoms with Crippen molar-refractivity contribution in [2.24, 2.45) is 39.2 Å². The molecule has 1 aliphatic rings. The van der Waals surface area contributed by atoms with Crippen LogP contribution < -0.4 is 38.8 Å². The SMILES string of the molecule is N#CCCCCCCCCC(C(=O)N[C@@H](CCCN=C(N)NN)C(=O)NC/C=N/NC(N)=O)C1CCCC1. The molecule has 0 aromatic carbocycles. The van der Waals surface area contributed by atoms with Gasteiger partial charge in [0.05, 0.1) is 12.6 Å². The number of urea groups is 1. The summed E-state index contributed by atoms with van der Waals surface area (Å²) < 4.78 is 0. The Hall–Kier alpha value is -3.40. The largest absolute Gasteiger partial charge is 0.369 e. The molecule has 0 aromatic rings. The van der Waals surface area contributed by atoms with Gasteiger partial charge in [0.1, 0.15) is 6.04 Å². The molecule has 2 atom stereocenters. The standard InChI is InChI=1S/C25H46N10O3/c26-15-9-5-3-1-2-4-6-13-20(19-11-7-8-12-19)22(36)33-21(14-10-16-31-24(27)34-29)23(37)30-17-18-32-35-25(28)38/h18-21H,1-14,16-17,29H2,(H,30,37)(H,33,36)(H3,27,31,34)(H3,28,35,38)/b32-18+/t20?,21-/m0/s1. The number of hydrogen-bond donors (Lipinski definition) is 7. The maximum absolute atomic E-state index is 13.4. The van der Waals surface area contributed by atoms with Crippen LogP contribution in [0.1, 0.15) is 89.9 Å². The summed E-state index contributed by atoms with van der Waals surface area (Å²) in [4.78, 5) is 41.1. The van der Waals surface area contributed by atoms with Crippen LogP contribution in [0.4, 0.5) is 4.79 Å². The van der Waals surface area contributed by atoms with Crippen molar-refractivity contribution in [3.05, 3.63) is 0 Å². The summed E-state index contributed by atoms with van der Waals surface area (Å²) in [7, 11) is 0. The van der Waals surface area contributed by atoms with Crippen LogP contribution in [0.3, 0.4) is 0 Å². The first-order chi connectivity index (χ1) is 18.4. The van der Waals surface area contributed by atoms with E-state index in [1.807, 2.05) is 0 Å². The van der Waals surface area contributed by atoms with E-state index in [2.05, 4.69) is 37.6 Å². The van der Waals surface area contributed by atoms with E-state index in [9.17, 15) is 14.4 Å². The maximum Gasteiger partial charge on any atom is 0.332 e. The summed E-state index contributed by atoms with van der Waals surface area (Å²) in [6.45, 7) is 0.411. The van der Waals surface area contributed by atoms with E-state index in [0.717, 1.165) is 70.6 Å². The highest BCUT2D eigenvalue weighted by Gasteiger charge is 2.32. The number of hydrogen-bond acceptors (Lipinski definition) is 7. The van der Waals surface area contributed by atoms with Crippen molar-refractivity contribution in [1.82, 2.24) is 21.5 Å². The molecule has 1 fully saturated rings. The molecular weight excluding hydrogens is 488 g/mol. The Kier molecular flexibility index (Phi) is 17.7. The van der Waals surface area contributed by atoms with Crippen LogP contribution in [0.15, 0.2) is 10.1 Å². The van der Waals surface area contributed by atoms with Gasteiger partial charge >= 0.3 is 6.03 Å². The number of rotatable bonds is 19. The lowest BCUT2D eigenvalue weighted by molar-refractivity contribution is -0.132. The van der Waals surface area contributed by atoms with Gasteiger partial charge in [-0.2, -0.15) is 10.4 Å². The van der Waals surface area contributed by atoms with Gasteiger partial charge in [0.2, 0.25) is 17.8 Å². The summed E-state index contributed by atoms with van der Waals surface area (Å²) in [5, 5.41) is 17.9. The first-order valence-corrected chi connectivity index (χ1v) is 13.7. The third-order valence-electron chi connectivity index (χ3n) is 6.71.